The van der Waals surface area contributed by atoms with Gasteiger partial charge in [-0.3, -0.25) is 4.79 Å². The molecule has 2 nitrogen and oxygen atoms in total. The molecule has 1 heterocycles. The summed E-state index contributed by atoms with van der Waals surface area (Å²) in [5.41, 5.74) is 7.94. The first-order valence-electron chi connectivity index (χ1n) is 8.85. The van der Waals surface area contributed by atoms with Crippen molar-refractivity contribution in [2.45, 2.75) is 20.8 Å². The minimum atomic E-state index is 0.0872. The summed E-state index contributed by atoms with van der Waals surface area (Å²) in [7, 11) is 0. The molecule has 0 aliphatic heterocycles. The molecule has 0 saturated carbocycles. The molecule has 3 aromatic carbocycles. The standard InChI is InChI=1S/C24H21NO/c1-16-8-4-5-9-21(16)24-17(2)22-10-6-7-11-23(22)25(24)20-14-12-19(13-15-20)18(3)26/h4-15H,1-3H3. The Kier molecular flexibility index (Phi) is 3.96. The Bertz CT molecular complexity index is 1120. The van der Waals surface area contributed by atoms with Crippen molar-refractivity contribution in [1.29, 1.82) is 0 Å². The Morgan fingerprint density at radius 2 is 1.46 bits per heavy atom. The summed E-state index contributed by atoms with van der Waals surface area (Å²) in [6.45, 7) is 5.93. The zero-order chi connectivity index (χ0) is 18.3. The number of rotatable bonds is 3. The molecule has 0 N–H and O–H groups in total. The van der Waals surface area contributed by atoms with Gasteiger partial charge in [0.05, 0.1) is 11.2 Å². The molecule has 26 heavy (non-hydrogen) atoms. The first kappa shape index (κ1) is 16.3. The number of nitrogens with zero attached hydrogens (tertiary/aromatic N) is 1. The van der Waals surface area contributed by atoms with Crippen molar-refractivity contribution in [1.82, 2.24) is 4.57 Å². The van der Waals surface area contributed by atoms with Crippen molar-refractivity contribution in [3.05, 3.63) is 89.5 Å². The number of fused-ring (bicyclic) bond motifs is 1. The van der Waals surface area contributed by atoms with Gasteiger partial charge in [-0.15, -0.1) is 0 Å². The molecule has 0 radical (unpaired) electrons. The van der Waals surface area contributed by atoms with E-state index in [1.165, 1.54) is 33.3 Å². The van der Waals surface area contributed by atoms with Gasteiger partial charge in [0, 0.05) is 22.2 Å². The third-order valence-electron chi connectivity index (χ3n) is 5.06. The van der Waals surface area contributed by atoms with Crippen molar-refractivity contribution in [3.63, 3.8) is 0 Å². The lowest BCUT2D eigenvalue weighted by Crippen LogP contribution is -2.00. The molecular weight excluding hydrogens is 318 g/mol. The van der Waals surface area contributed by atoms with E-state index in [0.717, 1.165) is 11.3 Å². The van der Waals surface area contributed by atoms with E-state index in [1.54, 1.807) is 6.92 Å². The first-order valence-corrected chi connectivity index (χ1v) is 8.85. The number of ketones is 1. The summed E-state index contributed by atoms with van der Waals surface area (Å²) in [5.74, 6) is 0.0872. The number of aryl methyl sites for hydroxylation is 2. The minimum absolute atomic E-state index is 0.0872. The fraction of sp³-hybridized carbons (Fsp3) is 0.125. The van der Waals surface area contributed by atoms with Gasteiger partial charge < -0.3 is 4.57 Å². The maximum Gasteiger partial charge on any atom is 0.159 e. The van der Waals surface area contributed by atoms with Gasteiger partial charge in [0.25, 0.3) is 0 Å². The highest BCUT2D eigenvalue weighted by Gasteiger charge is 2.18. The SMILES string of the molecule is CC(=O)c1ccc(-n2c(-c3ccccc3C)c(C)c3ccccc32)cc1. The van der Waals surface area contributed by atoms with Crippen LogP contribution < -0.4 is 0 Å². The van der Waals surface area contributed by atoms with E-state index in [1.807, 2.05) is 24.3 Å². The summed E-state index contributed by atoms with van der Waals surface area (Å²) < 4.78 is 2.30. The average molecular weight is 339 g/mol. The molecule has 0 fully saturated rings. The highest BCUT2D eigenvalue weighted by Crippen LogP contribution is 2.37. The molecule has 0 saturated heterocycles. The van der Waals surface area contributed by atoms with Gasteiger partial charge in [-0.25, -0.2) is 0 Å². The topological polar surface area (TPSA) is 22.0 Å². The van der Waals surface area contributed by atoms with Gasteiger partial charge in [-0.1, -0.05) is 42.5 Å². The molecule has 128 valence electrons. The van der Waals surface area contributed by atoms with Crippen LogP contribution in [0.1, 0.15) is 28.4 Å². The molecule has 0 spiro atoms. The van der Waals surface area contributed by atoms with Crippen molar-refractivity contribution in [2.24, 2.45) is 0 Å². The Hall–Kier alpha value is -3.13. The quantitative estimate of drug-likeness (QED) is 0.412. The van der Waals surface area contributed by atoms with Gasteiger partial charge in [0.15, 0.2) is 5.78 Å². The Balaban J connectivity index is 2.06. The average Bonchev–Trinajstić information content (AvgIpc) is 2.95. The van der Waals surface area contributed by atoms with Crippen LogP contribution in [-0.4, -0.2) is 10.4 Å². The smallest absolute Gasteiger partial charge is 0.159 e. The minimum Gasteiger partial charge on any atom is -0.309 e. The van der Waals surface area contributed by atoms with Crippen LogP contribution >= 0.6 is 0 Å². The van der Waals surface area contributed by atoms with E-state index in [9.17, 15) is 4.79 Å². The molecule has 4 aromatic rings. The van der Waals surface area contributed by atoms with Crippen LogP contribution in [0, 0.1) is 13.8 Å². The second kappa shape index (κ2) is 6.30. The molecule has 0 atom stereocenters. The molecule has 0 amide bonds. The predicted molar refractivity (Wildman–Crippen MR) is 108 cm³/mol. The third-order valence-corrected chi connectivity index (χ3v) is 5.06. The van der Waals surface area contributed by atoms with Crippen LogP contribution in [0.3, 0.4) is 0 Å². The molecule has 0 unspecified atom stereocenters. The van der Waals surface area contributed by atoms with Crippen molar-refractivity contribution >= 4 is 16.7 Å². The second-order valence-corrected chi connectivity index (χ2v) is 6.74. The Labute approximate surface area is 153 Å². The van der Waals surface area contributed by atoms with Crippen molar-refractivity contribution in [3.8, 4) is 16.9 Å². The van der Waals surface area contributed by atoms with E-state index in [4.69, 9.17) is 0 Å². The number of hydrogen-bond donors (Lipinski definition) is 0. The van der Waals surface area contributed by atoms with Crippen LogP contribution in [0.5, 0.6) is 0 Å². The molecular formula is C24H21NO. The van der Waals surface area contributed by atoms with Crippen LogP contribution in [0.25, 0.3) is 27.8 Å². The first-order chi connectivity index (χ1) is 12.6. The summed E-state index contributed by atoms with van der Waals surface area (Å²) in [4.78, 5) is 11.6. The van der Waals surface area contributed by atoms with Crippen LogP contribution in [0.2, 0.25) is 0 Å². The van der Waals surface area contributed by atoms with Gasteiger partial charge >= 0.3 is 0 Å². The molecule has 0 bridgehead atoms. The maximum atomic E-state index is 11.6. The Morgan fingerprint density at radius 3 is 2.15 bits per heavy atom. The second-order valence-electron chi connectivity index (χ2n) is 6.74. The molecule has 2 heteroatoms. The lowest BCUT2D eigenvalue weighted by Gasteiger charge is -2.14. The molecule has 0 aliphatic rings. The van der Waals surface area contributed by atoms with Gasteiger partial charge in [-0.2, -0.15) is 0 Å². The van der Waals surface area contributed by atoms with Gasteiger partial charge in [0.2, 0.25) is 0 Å². The fourth-order valence-electron chi connectivity index (χ4n) is 3.68. The number of Topliss-reactive ketones (excluding diaryl/α,β-unsaturated/α-hetero) is 1. The van der Waals surface area contributed by atoms with Crippen LogP contribution in [-0.2, 0) is 0 Å². The van der Waals surface area contributed by atoms with Crippen molar-refractivity contribution in [2.75, 3.05) is 0 Å². The number of para-hydroxylation sites is 1. The zero-order valence-corrected chi connectivity index (χ0v) is 15.3. The van der Waals surface area contributed by atoms with Crippen LogP contribution in [0.15, 0.2) is 72.8 Å². The number of aromatic nitrogens is 1. The Morgan fingerprint density at radius 1 is 0.808 bits per heavy atom. The lowest BCUT2D eigenvalue weighted by molar-refractivity contribution is 0.101. The fourth-order valence-corrected chi connectivity index (χ4v) is 3.68. The number of carbonyl (C=O) groups excluding carboxylic acids is 1. The predicted octanol–water partition coefficient (Wildman–Crippen LogP) is 6.12. The lowest BCUT2D eigenvalue weighted by atomic mass is 10.0. The van der Waals surface area contributed by atoms with E-state index in [0.29, 0.717) is 0 Å². The van der Waals surface area contributed by atoms with Gasteiger partial charge in [-0.05, 0) is 62.2 Å². The summed E-state index contributed by atoms with van der Waals surface area (Å²) >= 11 is 0. The van der Waals surface area contributed by atoms with E-state index in [2.05, 4.69) is 66.9 Å². The number of carbonyl (C=O) groups is 1. The van der Waals surface area contributed by atoms with E-state index in [-0.39, 0.29) is 5.78 Å². The molecule has 4 rings (SSSR count). The van der Waals surface area contributed by atoms with E-state index < -0.39 is 0 Å². The molecule has 1 aromatic heterocycles. The summed E-state index contributed by atoms with van der Waals surface area (Å²) in [6, 6.07) is 24.8. The largest absolute Gasteiger partial charge is 0.309 e. The normalized spacial score (nSPS) is 11.0. The number of benzene rings is 3. The number of hydrogen-bond acceptors (Lipinski definition) is 1. The summed E-state index contributed by atoms with van der Waals surface area (Å²) in [6.07, 6.45) is 0. The summed E-state index contributed by atoms with van der Waals surface area (Å²) in [5, 5.41) is 1.25. The van der Waals surface area contributed by atoms with Gasteiger partial charge in [0.1, 0.15) is 0 Å². The highest BCUT2D eigenvalue weighted by molar-refractivity contribution is 5.95. The van der Waals surface area contributed by atoms with Crippen LogP contribution in [0.4, 0.5) is 0 Å². The molecule has 0 aliphatic carbocycles. The van der Waals surface area contributed by atoms with Crippen molar-refractivity contribution < 1.29 is 4.79 Å². The highest BCUT2D eigenvalue weighted by atomic mass is 16.1. The zero-order valence-electron chi connectivity index (χ0n) is 15.3. The van der Waals surface area contributed by atoms with E-state index >= 15 is 0 Å². The third kappa shape index (κ3) is 2.55. The monoisotopic (exact) mass is 339 g/mol. The maximum absolute atomic E-state index is 11.6.